The Labute approximate surface area is 358 Å². The number of halogens is 2. The van der Waals surface area contributed by atoms with E-state index in [2.05, 4.69) is 177 Å². The van der Waals surface area contributed by atoms with Crippen LogP contribution in [0.1, 0.15) is 25.0 Å². The quantitative estimate of drug-likeness (QED) is 0.185. The predicted octanol–water partition coefficient (Wildman–Crippen LogP) is 6.48. The maximum Gasteiger partial charge on any atom is 0.0759 e. The van der Waals surface area contributed by atoms with Crippen molar-refractivity contribution in [2.75, 3.05) is 0 Å². The molecule has 4 aliphatic rings. The van der Waals surface area contributed by atoms with Crippen LogP contribution in [-0.2, 0) is 24.2 Å². The molecule has 2 atom stereocenters. The molecular weight excluding hydrogens is 855 g/mol. The monoisotopic (exact) mass is 908 g/mol. The molecule has 6 rings (SSSR count). The summed E-state index contributed by atoms with van der Waals surface area (Å²) in [5.41, 5.74) is 8.25. The fraction of sp³-hybridized carbons (Fsp3) is 0.372. The van der Waals surface area contributed by atoms with Gasteiger partial charge in [0.25, 0.3) is 0 Å². The zero-order valence-electron chi connectivity index (χ0n) is 33.7. The molecule has 0 aromatic heterocycles. The molecule has 2 unspecified atom stereocenters. The summed E-state index contributed by atoms with van der Waals surface area (Å²) in [5.74, 6) is 0.543. The Bertz CT molecular complexity index is 1750. The first kappa shape index (κ1) is 47.4. The molecule has 0 fully saturated rings. The van der Waals surface area contributed by atoms with Gasteiger partial charge in [-0.15, -0.1) is 20.9 Å². The smallest absolute Gasteiger partial charge is 0.0759 e. The number of hydrogen-bond donors (Lipinski definition) is 0. The van der Waals surface area contributed by atoms with Crippen LogP contribution in [0.25, 0.3) is 11.1 Å². The topological polar surface area (TPSA) is 0 Å². The first-order chi connectivity index (χ1) is 22.9. The number of fused-ring (bicyclic) bond motifs is 2. The summed E-state index contributed by atoms with van der Waals surface area (Å²) in [4.78, 5) is 2.24. The van der Waals surface area contributed by atoms with Crippen molar-refractivity contribution in [3.8, 4) is 0 Å². The molecule has 0 radical (unpaired) electrons. The van der Waals surface area contributed by atoms with E-state index in [9.17, 15) is 0 Å². The molecule has 0 N–H and O–H groups in total. The summed E-state index contributed by atoms with van der Waals surface area (Å²) in [6.07, 6.45) is 12.5. The van der Waals surface area contributed by atoms with E-state index in [1.165, 1.54) is 57.4 Å². The minimum Gasteiger partial charge on any atom is -1.00 e. The normalized spacial score (nSPS) is 19.5. The minimum atomic E-state index is -1.45. The molecule has 276 valence electrons. The van der Waals surface area contributed by atoms with E-state index in [4.69, 9.17) is 24.4 Å². The molecule has 2 aromatic carbocycles. The van der Waals surface area contributed by atoms with Gasteiger partial charge in [-0.1, -0.05) is 174 Å². The standard InChI is InChI=1S/2C20H25SSi2.C3H6.2ClH.Zr/c2*1-22(2,3)17-12-15(14-10-8-7-9-11-14)16-13-18(23(4,5)6)20(21)19(16)17;1-3-2;;;/h2*7-12,16H,1-6H3;1-2H3;2*1H;/q2*-1;;;;+2/p-2. The first-order valence-corrected chi connectivity index (χ1v) is 33.9. The van der Waals surface area contributed by atoms with E-state index in [0.717, 1.165) is 9.73 Å². The number of rotatable bonds is 6. The molecule has 0 aliphatic heterocycles. The van der Waals surface area contributed by atoms with Crippen molar-refractivity contribution in [1.82, 2.24) is 0 Å². The Morgan fingerprint density at radius 1 is 0.519 bits per heavy atom. The number of thiocarbonyl (C=S) groups is 2. The van der Waals surface area contributed by atoms with Gasteiger partial charge in [0.2, 0.25) is 0 Å². The Hall–Kier alpha value is -0.739. The van der Waals surface area contributed by atoms with Gasteiger partial charge in [0, 0.05) is 16.1 Å². The van der Waals surface area contributed by atoms with Crippen LogP contribution in [0.15, 0.2) is 105 Å². The molecule has 52 heavy (non-hydrogen) atoms. The van der Waals surface area contributed by atoms with Crippen molar-refractivity contribution < 1.29 is 49.0 Å². The van der Waals surface area contributed by atoms with Crippen molar-refractivity contribution in [3.05, 3.63) is 128 Å². The van der Waals surface area contributed by atoms with E-state index in [-0.39, 0.29) is 36.6 Å². The van der Waals surface area contributed by atoms with Crippen LogP contribution < -0.4 is 24.8 Å². The molecule has 0 spiro atoms. The second kappa shape index (κ2) is 18.0. The third kappa shape index (κ3) is 10.8. The van der Waals surface area contributed by atoms with E-state index in [1.54, 1.807) is 24.2 Å². The van der Waals surface area contributed by atoms with Crippen molar-refractivity contribution in [2.24, 2.45) is 11.8 Å². The zero-order valence-corrected chi connectivity index (χ0v) is 43.3. The Morgan fingerprint density at radius 3 is 1.02 bits per heavy atom. The molecule has 0 saturated heterocycles. The van der Waals surface area contributed by atoms with Gasteiger partial charge in [0.15, 0.2) is 0 Å². The molecule has 0 saturated carbocycles. The van der Waals surface area contributed by atoms with Crippen LogP contribution in [0.5, 0.6) is 0 Å². The Kier molecular flexibility index (Phi) is 16.4. The second-order valence-electron chi connectivity index (χ2n) is 18.1. The molecule has 2 aromatic rings. The Balaban J connectivity index is 0.000000316. The van der Waals surface area contributed by atoms with Gasteiger partial charge in [-0.2, -0.15) is 0 Å². The maximum absolute atomic E-state index is 5.94. The third-order valence-corrected chi connectivity index (χ3v) is 18.3. The largest absolute Gasteiger partial charge is 1.00 e. The molecule has 0 bridgehead atoms. The van der Waals surface area contributed by atoms with Crippen molar-refractivity contribution >= 4 is 80.8 Å². The van der Waals surface area contributed by atoms with Crippen LogP contribution in [0.2, 0.25) is 78.6 Å². The fourth-order valence-corrected chi connectivity index (χ4v) is 15.6. The third-order valence-electron chi connectivity index (χ3n) is 9.23. The van der Waals surface area contributed by atoms with E-state index < -0.39 is 32.3 Å². The average Bonchev–Trinajstić information content (AvgIpc) is 3.73. The Morgan fingerprint density at radius 2 is 0.788 bits per heavy atom. The summed E-state index contributed by atoms with van der Waals surface area (Å²) in [7, 11) is -5.78. The average molecular weight is 912 g/mol. The first-order valence-electron chi connectivity index (χ1n) is 17.9. The van der Waals surface area contributed by atoms with Gasteiger partial charge >= 0.3 is 41.3 Å². The zero-order chi connectivity index (χ0) is 37.6. The van der Waals surface area contributed by atoms with Crippen molar-refractivity contribution in [3.63, 3.8) is 0 Å². The van der Waals surface area contributed by atoms with Gasteiger partial charge < -0.3 is 24.8 Å². The molecular formula is C43H56Cl2S2Si4Zr-2. The van der Waals surface area contributed by atoms with Crippen molar-refractivity contribution in [1.29, 1.82) is 0 Å². The van der Waals surface area contributed by atoms with E-state index in [1.807, 2.05) is 0 Å². The molecule has 4 aliphatic carbocycles. The summed E-state index contributed by atoms with van der Waals surface area (Å²) < 4.78 is 1.51. The van der Waals surface area contributed by atoms with Crippen LogP contribution in [0.4, 0.5) is 0 Å². The van der Waals surface area contributed by atoms with Crippen LogP contribution in [-0.4, -0.2) is 45.2 Å². The van der Waals surface area contributed by atoms with Gasteiger partial charge in [-0.05, 0) is 22.3 Å². The second-order valence-corrected chi connectivity index (χ2v) is 41.5. The van der Waals surface area contributed by atoms with Gasteiger partial charge in [0.1, 0.15) is 0 Å². The summed E-state index contributed by atoms with van der Waals surface area (Å²) in [5, 5.41) is 5.80. The van der Waals surface area contributed by atoms with Crippen LogP contribution in [0.3, 0.4) is 0 Å². The fourth-order valence-electron chi connectivity index (χ4n) is 6.87. The van der Waals surface area contributed by atoms with E-state index >= 15 is 0 Å². The minimum absolute atomic E-state index is 0. The van der Waals surface area contributed by atoms with Gasteiger partial charge in [-0.3, -0.25) is 12.2 Å². The maximum atomic E-state index is 5.94. The number of benzene rings is 2. The summed E-state index contributed by atoms with van der Waals surface area (Å²) in [6.45, 7) is 33.1. The van der Waals surface area contributed by atoms with Crippen LogP contribution in [0, 0.1) is 24.0 Å². The SMILES string of the molecule is C[C](C)=[Zr+2].C[Si](C)(C)C1=[C-]C2C(c3ccccc3)=CC([Si](C)(C)C)=C2C1=S.C[Si](C)(C)C1=[C-]C2C(c3ccccc3)=CC([Si](C)(C)C)=C2C1=S.[Cl-].[Cl-]. The predicted molar refractivity (Wildman–Crippen MR) is 238 cm³/mol. The summed E-state index contributed by atoms with van der Waals surface area (Å²) >= 11 is 13.4. The molecule has 9 heteroatoms. The van der Waals surface area contributed by atoms with Gasteiger partial charge in [-0.25, -0.2) is 34.8 Å². The van der Waals surface area contributed by atoms with Crippen molar-refractivity contribution in [2.45, 2.75) is 92.4 Å². The number of hydrogen-bond acceptors (Lipinski definition) is 2. The summed E-state index contributed by atoms with van der Waals surface area (Å²) in [6, 6.07) is 21.5. The van der Waals surface area contributed by atoms with Gasteiger partial charge in [0.05, 0.1) is 16.1 Å². The van der Waals surface area contributed by atoms with E-state index in [0.29, 0.717) is 0 Å². The number of allylic oxidation sites excluding steroid dienone is 12. The van der Waals surface area contributed by atoms with Crippen LogP contribution >= 0.6 is 24.4 Å². The molecule has 0 amide bonds. The molecule has 0 nitrogen and oxygen atoms in total. The molecule has 0 heterocycles.